The van der Waals surface area contributed by atoms with Crippen LogP contribution in [0.1, 0.15) is 46.6 Å². The van der Waals surface area contributed by atoms with Crippen LogP contribution in [0.15, 0.2) is 84.9 Å². The summed E-state index contributed by atoms with van der Waals surface area (Å²) in [6.45, 7) is 6.16. The number of nitrogens with two attached hydrogens (primary N) is 1. The van der Waals surface area contributed by atoms with Gasteiger partial charge < -0.3 is 21.3 Å². The molecule has 4 N–H and O–H groups in total. The van der Waals surface area contributed by atoms with Crippen molar-refractivity contribution in [3.8, 4) is 0 Å². The number of amides is 2. The fraction of sp³-hybridized carbons (Fsp3) is 0.333. The molecule has 1 aliphatic heterocycles. The summed E-state index contributed by atoms with van der Waals surface area (Å²) in [6, 6.07) is 26.5. The number of rotatable bonds is 10. The highest BCUT2D eigenvalue weighted by Gasteiger charge is 2.32. The SMILES string of the molecule is Cc1ccc(C=CC(=O)NC[C@@H]2CCN(CC(c3ccccc3)c3ccccc3)C(=O)[C@H](CCN)N2)c(C)c1. The molecule has 4 rings (SSSR count). The van der Waals surface area contributed by atoms with Gasteiger partial charge in [-0.05, 0) is 61.6 Å². The van der Waals surface area contributed by atoms with Crippen molar-refractivity contribution in [3.05, 3.63) is 113 Å². The zero-order valence-corrected chi connectivity index (χ0v) is 23.0. The predicted molar refractivity (Wildman–Crippen MR) is 158 cm³/mol. The van der Waals surface area contributed by atoms with Crippen molar-refractivity contribution in [2.45, 2.75) is 44.7 Å². The van der Waals surface area contributed by atoms with Gasteiger partial charge in [-0.25, -0.2) is 0 Å². The zero-order valence-electron chi connectivity index (χ0n) is 23.0. The summed E-state index contributed by atoms with van der Waals surface area (Å²) in [6.07, 6.45) is 4.71. The van der Waals surface area contributed by atoms with Crippen LogP contribution in [-0.2, 0) is 9.59 Å². The second-order valence-electron chi connectivity index (χ2n) is 10.4. The first kappa shape index (κ1) is 28.3. The van der Waals surface area contributed by atoms with E-state index in [1.165, 1.54) is 16.7 Å². The van der Waals surface area contributed by atoms with Crippen LogP contribution in [0, 0.1) is 13.8 Å². The number of nitrogens with one attached hydrogen (secondary N) is 2. The number of carbonyl (C=O) groups excluding carboxylic acids is 2. The minimum absolute atomic E-state index is 0.0270. The molecule has 1 saturated heterocycles. The number of hydrogen-bond donors (Lipinski definition) is 3. The van der Waals surface area contributed by atoms with E-state index < -0.39 is 0 Å². The van der Waals surface area contributed by atoms with E-state index in [1.54, 1.807) is 6.08 Å². The van der Waals surface area contributed by atoms with Crippen molar-refractivity contribution >= 4 is 17.9 Å². The van der Waals surface area contributed by atoms with E-state index in [4.69, 9.17) is 5.73 Å². The van der Waals surface area contributed by atoms with E-state index in [0.29, 0.717) is 32.6 Å². The van der Waals surface area contributed by atoms with Crippen LogP contribution in [0.2, 0.25) is 0 Å². The van der Waals surface area contributed by atoms with E-state index in [2.05, 4.69) is 47.9 Å². The Kier molecular flexibility index (Phi) is 10.1. The summed E-state index contributed by atoms with van der Waals surface area (Å²) in [7, 11) is 0. The topological polar surface area (TPSA) is 87.5 Å². The molecule has 1 heterocycles. The third kappa shape index (κ3) is 7.88. The molecule has 39 heavy (non-hydrogen) atoms. The molecule has 2 atom stereocenters. The standard InChI is InChI=1S/C33H40N4O2/c1-24-13-14-26(25(2)21-24)15-16-32(38)35-22-29-18-20-37(33(39)31(36-29)17-19-34)23-30(27-9-5-3-6-10-27)28-11-7-4-8-12-28/h3-16,21,29-31,36H,17-20,22-23,34H2,1-2H3,(H,35,38)/t29-,31-/m0/s1. The summed E-state index contributed by atoms with van der Waals surface area (Å²) in [4.78, 5) is 28.2. The fourth-order valence-electron chi connectivity index (χ4n) is 5.25. The summed E-state index contributed by atoms with van der Waals surface area (Å²) >= 11 is 0. The summed E-state index contributed by atoms with van der Waals surface area (Å²) in [5.74, 6) is -0.00447. The van der Waals surface area contributed by atoms with Gasteiger partial charge in [-0.1, -0.05) is 84.4 Å². The van der Waals surface area contributed by atoms with Crippen LogP contribution in [0.4, 0.5) is 0 Å². The lowest BCUT2D eigenvalue weighted by atomic mass is 9.90. The second kappa shape index (κ2) is 13.9. The molecule has 2 amide bonds. The van der Waals surface area contributed by atoms with Crippen LogP contribution >= 0.6 is 0 Å². The predicted octanol–water partition coefficient (Wildman–Crippen LogP) is 4.17. The Morgan fingerprint density at radius 2 is 1.72 bits per heavy atom. The lowest BCUT2D eigenvalue weighted by molar-refractivity contribution is -0.133. The van der Waals surface area contributed by atoms with Crippen LogP contribution < -0.4 is 16.4 Å². The van der Waals surface area contributed by atoms with Gasteiger partial charge >= 0.3 is 0 Å². The molecule has 0 bridgehead atoms. The maximum absolute atomic E-state index is 13.6. The first-order valence-electron chi connectivity index (χ1n) is 13.8. The fourth-order valence-corrected chi connectivity index (χ4v) is 5.25. The van der Waals surface area contributed by atoms with Gasteiger partial charge in [0.05, 0.1) is 6.04 Å². The molecular weight excluding hydrogens is 484 g/mol. The van der Waals surface area contributed by atoms with Gasteiger partial charge in [-0.2, -0.15) is 0 Å². The van der Waals surface area contributed by atoms with Gasteiger partial charge in [0, 0.05) is 37.7 Å². The molecule has 0 spiro atoms. The molecule has 1 aliphatic rings. The molecule has 0 unspecified atom stereocenters. The van der Waals surface area contributed by atoms with Gasteiger partial charge in [0.1, 0.15) is 0 Å². The van der Waals surface area contributed by atoms with Crippen molar-refractivity contribution in [1.82, 2.24) is 15.5 Å². The summed E-state index contributed by atoms with van der Waals surface area (Å²) in [5.41, 5.74) is 11.6. The van der Waals surface area contributed by atoms with E-state index in [0.717, 1.165) is 17.5 Å². The van der Waals surface area contributed by atoms with E-state index >= 15 is 0 Å². The maximum Gasteiger partial charge on any atom is 0.244 e. The lowest BCUT2D eigenvalue weighted by Gasteiger charge is -2.29. The number of nitrogens with zero attached hydrogens (tertiary/aromatic N) is 1. The van der Waals surface area contributed by atoms with Gasteiger partial charge in [-0.15, -0.1) is 0 Å². The minimum Gasteiger partial charge on any atom is -0.351 e. The lowest BCUT2D eigenvalue weighted by Crippen LogP contribution is -2.49. The first-order valence-corrected chi connectivity index (χ1v) is 13.8. The first-order chi connectivity index (χ1) is 18.9. The Bertz CT molecular complexity index is 1220. The number of carbonyl (C=O) groups is 2. The van der Waals surface area contributed by atoms with Gasteiger partial charge in [-0.3, -0.25) is 9.59 Å². The highest BCUT2D eigenvalue weighted by Crippen LogP contribution is 2.27. The van der Waals surface area contributed by atoms with Crippen LogP contribution in [0.25, 0.3) is 6.08 Å². The second-order valence-corrected chi connectivity index (χ2v) is 10.4. The van der Waals surface area contributed by atoms with Crippen molar-refractivity contribution in [3.63, 3.8) is 0 Å². The molecule has 1 fully saturated rings. The smallest absolute Gasteiger partial charge is 0.244 e. The molecule has 3 aromatic rings. The number of aryl methyl sites for hydroxylation is 2. The normalized spacial score (nSPS) is 17.9. The Morgan fingerprint density at radius 1 is 1.05 bits per heavy atom. The van der Waals surface area contributed by atoms with Crippen LogP contribution in [0.5, 0.6) is 0 Å². The molecule has 0 radical (unpaired) electrons. The Hall–Kier alpha value is -3.74. The number of benzene rings is 3. The minimum atomic E-state index is -0.377. The largest absolute Gasteiger partial charge is 0.351 e. The number of hydrogen-bond acceptors (Lipinski definition) is 4. The van der Waals surface area contributed by atoms with Crippen LogP contribution in [-0.4, -0.2) is 55.0 Å². The highest BCUT2D eigenvalue weighted by molar-refractivity contribution is 5.92. The molecule has 0 aromatic heterocycles. The molecule has 0 aliphatic carbocycles. The van der Waals surface area contributed by atoms with Crippen molar-refractivity contribution in [1.29, 1.82) is 0 Å². The maximum atomic E-state index is 13.6. The van der Waals surface area contributed by atoms with Crippen molar-refractivity contribution in [2.24, 2.45) is 5.73 Å². The molecule has 6 nitrogen and oxygen atoms in total. The molecular formula is C33H40N4O2. The van der Waals surface area contributed by atoms with Gasteiger partial charge in [0.15, 0.2) is 0 Å². The van der Waals surface area contributed by atoms with Crippen molar-refractivity contribution in [2.75, 3.05) is 26.2 Å². The highest BCUT2D eigenvalue weighted by atomic mass is 16.2. The van der Waals surface area contributed by atoms with E-state index in [-0.39, 0.29) is 29.8 Å². The van der Waals surface area contributed by atoms with Crippen LogP contribution in [0.3, 0.4) is 0 Å². The van der Waals surface area contributed by atoms with Gasteiger partial charge in [0.2, 0.25) is 11.8 Å². The van der Waals surface area contributed by atoms with Crippen molar-refractivity contribution < 1.29 is 9.59 Å². The van der Waals surface area contributed by atoms with Gasteiger partial charge in [0.25, 0.3) is 0 Å². The Balaban J connectivity index is 1.43. The average molecular weight is 525 g/mol. The zero-order chi connectivity index (χ0) is 27.6. The monoisotopic (exact) mass is 524 g/mol. The van der Waals surface area contributed by atoms with E-state index in [9.17, 15) is 9.59 Å². The Morgan fingerprint density at radius 3 is 2.33 bits per heavy atom. The quantitative estimate of drug-likeness (QED) is 0.348. The molecule has 0 saturated carbocycles. The third-order valence-corrected chi connectivity index (χ3v) is 7.42. The summed E-state index contributed by atoms with van der Waals surface area (Å²) < 4.78 is 0. The molecule has 6 heteroatoms. The average Bonchev–Trinajstić information content (AvgIpc) is 3.09. The molecule has 204 valence electrons. The third-order valence-electron chi connectivity index (χ3n) is 7.42. The van der Waals surface area contributed by atoms with E-state index in [1.807, 2.05) is 66.4 Å². The molecule has 3 aromatic carbocycles. The Labute approximate surface area is 232 Å². The summed E-state index contributed by atoms with van der Waals surface area (Å²) in [5, 5.41) is 6.50.